The third-order valence-corrected chi connectivity index (χ3v) is 3.89. The molecule has 0 aliphatic carbocycles. The molecule has 0 fully saturated rings. The minimum atomic E-state index is -4.17. The van der Waals surface area contributed by atoms with Gasteiger partial charge >= 0.3 is 5.51 Å². The minimum Gasteiger partial charge on any atom is -0.310 e. The lowest BCUT2D eigenvalue weighted by Crippen LogP contribution is -2.23. The molecule has 21 heavy (non-hydrogen) atoms. The first-order chi connectivity index (χ1) is 9.78. The van der Waals surface area contributed by atoms with Crippen molar-refractivity contribution in [2.45, 2.75) is 65.2 Å². The third kappa shape index (κ3) is 5.90. The molecule has 0 spiro atoms. The summed E-state index contributed by atoms with van der Waals surface area (Å²) in [7, 11) is 0. The van der Waals surface area contributed by atoms with Crippen LogP contribution in [0.4, 0.5) is 13.2 Å². The molecule has 0 radical (unpaired) electrons. The highest BCUT2D eigenvalue weighted by Gasteiger charge is 2.28. The Labute approximate surface area is 128 Å². The summed E-state index contributed by atoms with van der Waals surface area (Å²) in [4.78, 5) is 0. The number of hydrogen-bond donors (Lipinski definition) is 1. The Balaban J connectivity index is 2.84. The molecule has 0 bridgehead atoms. The fourth-order valence-corrected chi connectivity index (χ4v) is 2.71. The molecule has 0 saturated carbocycles. The number of aryl methyl sites for hydroxylation is 2. The van der Waals surface area contributed by atoms with Crippen LogP contribution in [0, 0.1) is 0 Å². The predicted molar refractivity (Wildman–Crippen MR) is 81.5 cm³/mol. The van der Waals surface area contributed by atoms with Crippen molar-refractivity contribution < 1.29 is 13.2 Å². The molecule has 0 amide bonds. The van der Waals surface area contributed by atoms with Crippen molar-refractivity contribution >= 4 is 11.8 Å². The zero-order valence-electron chi connectivity index (χ0n) is 13.0. The number of nitrogens with one attached hydrogen (secondary N) is 1. The van der Waals surface area contributed by atoms with Gasteiger partial charge in [-0.15, -0.1) is 0 Å². The summed E-state index contributed by atoms with van der Waals surface area (Å²) in [6.45, 7) is 9.19. The van der Waals surface area contributed by atoms with E-state index in [1.54, 1.807) is 4.68 Å². The summed E-state index contributed by atoms with van der Waals surface area (Å²) in [5, 5.41) is 7.86. The Morgan fingerprint density at radius 2 is 1.90 bits per heavy atom. The molecule has 0 saturated heterocycles. The molecule has 1 rings (SSSR count). The zero-order valence-corrected chi connectivity index (χ0v) is 13.9. The normalized spacial score (nSPS) is 12.4. The number of alkyl halides is 3. The molecule has 0 unspecified atom stereocenters. The van der Waals surface area contributed by atoms with Gasteiger partial charge < -0.3 is 5.32 Å². The molecule has 122 valence electrons. The van der Waals surface area contributed by atoms with Crippen LogP contribution in [0.3, 0.4) is 0 Å². The van der Waals surface area contributed by atoms with Crippen molar-refractivity contribution in [1.29, 1.82) is 0 Å². The fraction of sp³-hybridized carbons (Fsp3) is 0.786. The van der Waals surface area contributed by atoms with Crippen molar-refractivity contribution in [3.05, 3.63) is 17.0 Å². The van der Waals surface area contributed by atoms with Crippen molar-refractivity contribution in [1.82, 2.24) is 15.1 Å². The summed E-state index contributed by atoms with van der Waals surface area (Å²) in [5.41, 5.74) is -1.000. The highest BCUT2D eigenvalue weighted by atomic mass is 32.2. The van der Waals surface area contributed by atoms with Crippen LogP contribution < -0.4 is 5.32 Å². The van der Waals surface area contributed by atoms with E-state index in [1.165, 1.54) is 0 Å². The van der Waals surface area contributed by atoms with Crippen LogP contribution in [0.15, 0.2) is 0 Å². The summed E-state index contributed by atoms with van der Waals surface area (Å²) in [5.74, 6) is -0.00160. The van der Waals surface area contributed by atoms with E-state index < -0.39 is 5.51 Å². The smallest absolute Gasteiger partial charge is 0.310 e. The molecule has 1 heterocycles. The third-order valence-electron chi connectivity index (χ3n) is 3.18. The molecule has 0 aromatic carbocycles. The molecule has 1 N–H and O–H groups in total. The predicted octanol–water partition coefficient (Wildman–Crippen LogP) is 3.76. The van der Waals surface area contributed by atoms with Crippen molar-refractivity contribution in [3.63, 3.8) is 0 Å². The first-order valence-corrected chi connectivity index (χ1v) is 8.28. The molecule has 0 aliphatic rings. The van der Waals surface area contributed by atoms with Gasteiger partial charge in [-0.2, -0.15) is 18.3 Å². The molecule has 1 aromatic rings. The molecular weight excluding hydrogens is 299 g/mol. The number of hydrogen-bond acceptors (Lipinski definition) is 3. The lowest BCUT2D eigenvalue weighted by Gasteiger charge is -2.11. The average molecular weight is 323 g/mol. The van der Waals surface area contributed by atoms with Gasteiger partial charge in [0, 0.05) is 29.6 Å². The number of nitrogens with zero attached hydrogens (tertiary/aromatic N) is 2. The van der Waals surface area contributed by atoms with Gasteiger partial charge in [0.1, 0.15) is 0 Å². The number of halogens is 3. The fourth-order valence-electron chi connectivity index (χ4n) is 2.21. The van der Waals surface area contributed by atoms with Gasteiger partial charge in [0.05, 0.1) is 12.2 Å². The Morgan fingerprint density at radius 1 is 1.24 bits per heavy atom. The molecule has 3 nitrogen and oxygen atoms in total. The monoisotopic (exact) mass is 323 g/mol. The van der Waals surface area contributed by atoms with Crippen molar-refractivity contribution in [3.8, 4) is 0 Å². The first-order valence-electron chi connectivity index (χ1n) is 7.29. The number of rotatable bonds is 8. The molecular formula is C14H24F3N3S. The van der Waals surface area contributed by atoms with Crippen LogP contribution in [0.2, 0.25) is 0 Å². The van der Waals surface area contributed by atoms with E-state index in [4.69, 9.17) is 0 Å². The number of thioether (sulfide) groups is 1. The maximum absolute atomic E-state index is 12.2. The van der Waals surface area contributed by atoms with Crippen LogP contribution in [0.5, 0.6) is 0 Å². The van der Waals surface area contributed by atoms with Crippen LogP contribution in [-0.2, 0) is 25.9 Å². The molecule has 0 atom stereocenters. The largest absolute Gasteiger partial charge is 0.441 e. The SMILES string of the molecule is CCc1nn(CCSC(F)(F)F)c(CC)c1CNC(C)C. The second-order valence-electron chi connectivity index (χ2n) is 5.13. The Hall–Kier alpha value is -0.690. The first kappa shape index (κ1) is 18.4. The maximum Gasteiger partial charge on any atom is 0.441 e. The van der Waals surface area contributed by atoms with Gasteiger partial charge in [-0.3, -0.25) is 4.68 Å². The van der Waals surface area contributed by atoms with Gasteiger partial charge in [0.15, 0.2) is 0 Å². The standard InChI is InChI=1S/C14H24F3N3S/c1-5-12-11(9-18-10(3)4)13(6-2)20(19-12)7-8-21-14(15,16)17/h10,18H,5-9H2,1-4H3. The minimum absolute atomic E-state index is 0.00160. The van der Waals surface area contributed by atoms with Crippen LogP contribution in [0.1, 0.15) is 44.6 Å². The second-order valence-corrected chi connectivity index (χ2v) is 6.29. The van der Waals surface area contributed by atoms with E-state index in [-0.39, 0.29) is 17.5 Å². The van der Waals surface area contributed by atoms with E-state index >= 15 is 0 Å². The quantitative estimate of drug-likeness (QED) is 0.790. The molecule has 0 aliphatic heterocycles. The van der Waals surface area contributed by atoms with Gasteiger partial charge in [-0.05, 0) is 24.6 Å². The summed E-state index contributed by atoms with van der Waals surface area (Å²) in [6, 6.07) is 0.364. The van der Waals surface area contributed by atoms with Gasteiger partial charge in [-0.25, -0.2) is 0 Å². The van der Waals surface area contributed by atoms with Crippen LogP contribution in [0.25, 0.3) is 0 Å². The van der Waals surface area contributed by atoms with Crippen LogP contribution >= 0.6 is 11.8 Å². The van der Waals surface area contributed by atoms with E-state index in [0.29, 0.717) is 12.6 Å². The summed E-state index contributed by atoms with van der Waals surface area (Å²) >= 11 is 0.0121. The highest BCUT2D eigenvalue weighted by molar-refractivity contribution is 8.00. The zero-order chi connectivity index (χ0) is 16.0. The van der Waals surface area contributed by atoms with E-state index in [9.17, 15) is 13.2 Å². The Morgan fingerprint density at radius 3 is 2.38 bits per heavy atom. The Kier molecular flexibility index (Phi) is 7.06. The highest BCUT2D eigenvalue weighted by Crippen LogP contribution is 2.30. The summed E-state index contributed by atoms with van der Waals surface area (Å²) in [6.07, 6.45) is 1.57. The molecule has 7 heteroatoms. The van der Waals surface area contributed by atoms with Gasteiger partial charge in [0.25, 0.3) is 0 Å². The van der Waals surface area contributed by atoms with Crippen molar-refractivity contribution in [2.24, 2.45) is 0 Å². The van der Waals surface area contributed by atoms with Gasteiger partial charge in [-0.1, -0.05) is 27.7 Å². The maximum atomic E-state index is 12.2. The number of aromatic nitrogens is 2. The second kappa shape index (κ2) is 8.08. The van der Waals surface area contributed by atoms with Gasteiger partial charge in [0.2, 0.25) is 0 Å². The van der Waals surface area contributed by atoms with E-state index in [2.05, 4.69) is 24.3 Å². The lowest BCUT2D eigenvalue weighted by atomic mass is 10.1. The van der Waals surface area contributed by atoms with E-state index in [1.807, 2.05) is 13.8 Å². The van der Waals surface area contributed by atoms with Crippen LogP contribution in [-0.4, -0.2) is 27.1 Å². The lowest BCUT2D eigenvalue weighted by molar-refractivity contribution is -0.0328. The average Bonchev–Trinajstić information content (AvgIpc) is 2.71. The molecule has 1 aromatic heterocycles. The topological polar surface area (TPSA) is 29.9 Å². The van der Waals surface area contributed by atoms with Crippen molar-refractivity contribution in [2.75, 3.05) is 5.75 Å². The summed E-state index contributed by atoms with van der Waals surface area (Å²) < 4.78 is 38.4. The Bertz CT molecular complexity index is 441. The van der Waals surface area contributed by atoms with E-state index in [0.717, 1.165) is 36.3 Å².